The summed E-state index contributed by atoms with van der Waals surface area (Å²) in [6.45, 7) is 1.95. The molecule has 2 aromatic carbocycles. The van der Waals surface area contributed by atoms with Gasteiger partial charge >= 0.3 is 0 Å². The van der Waals surface area contributed by atoms with Gasteiger partial charge in [0.25, 0.3) is 0 Å². The highest BCUT2D eigenvalue weighted by atomic mass is 16.2. The molecule has 0 aromatic heterocycles. The maximum Gasteiger partial charge on any atom is 0.228 e. The lowest BCUT2D eigenvalue weighted by atomic mass is 9.88. The van der Waals surface area contributed by atoms with Crippen molar-refractivity contribution in [3.63, 3.8) is 0 Å². The third kappa shape index (κ3) is 2.97. The summed E-state index contributed by atoms with van der Waals surface area (Å²) in [4.78, 5) is 26.5. The average molecular weight is 308 g/mol. The van der Waals surface area contributed by atoms with Crippen LogP contribution >= 0.6 is 0 Å². The number of hydrogen-bond acceptors (Lipinski definition) is 2. The molecular formula is C19H20N2O2. The minimum absolute atomic E-state index is 0.0313. The molecule has 0 spiro atoms. The SMILES string of the molecule is CC(NC(=O)C1CC(=O)N(C)c2ccccc21)c1ccccc1. The number of nitrogens with zero attached hydrogens (tertiary/aromatic N) is 1. The molecule has 4 heteroatoms. The van der Waals surface area contributed by atoms with E-state index in [-0.39, 0.29) is 24.3 Å². The number of nitrogens with one attached hydrogen (secondary N) is 1. The van der Waals surface area contributed by atoms with Crippen LogP contribution in [0, 0.1) is 0 Å². The van der Waals surface area contributed by atoms with Crippen LogP contribution in [0.25, 0.3) is 0 Å². The van der Waals surface area contributed by atoms with Gasteiger partial charge in [0.05, 0.1) is 12.0 Å². The van der Waals surface area contributed by atoms with Crippen molar-refractivity contribution in [3.8, 4) is 0 Å². The number of amides is 2. The highest BCUT2D eigenvalue weighted by Crippen LogP contribution is 2.35. The number of fused-ring (bicyclic) bond motifs is 1. The zero-order chi connectivity index (χ0) is 16.4. The lowest BCUT2D eigenvalue weighted by Crippen LogP contribution is -2.40. The number of rotatable bonds is 3. The summed E-state index contributed by atoms with van der Waals surface area (Å²) in [6, 6.07) is 17.3. The van der Waals surface area contributed by atoms with Crippen LogP contribution in [0.15, 0.2) is 54.6 Å². The molecule has 23 heavy (non-hydrogen) atoms. The van der Waals surface area contributed by atoms with Gasteiger partial charge in [-0.15, -0.1) is 0 Å². The summed E-state index contributed by atoms with van der Waals surface area (Å²) in [5.41, 5.74) is 2.78. The minimum atomic E-state index is -0.430. The number of anilines is 1. The van der Waals surface area contributed by atoms with E-state index >= 15 is 0 Å². The summed E-state index contributed by atoms with van der Waals surface area (Å²) in [7, 11) is 1.75. The van der Waals surface area contributed by atoms with Gasteiger partial charge in [0.1, 0.15) is 0 Å². The fourth-order valence-corrected chi connectivity index (χ4v) is 3.02. The van der Waals surface area contributed by atoms with E-state index in [2.05, 4.69) is 5.32 Å². The Balaban J connectivity index is 1.83. The van der Waals surface area contributed by atoms with Crippen molar-refractivity contribution in [1.29, 1.82) is 0 Å². The quantitative estimate of drug-likeness (QED) is 0.947. The van der Waals surface area contributed by atoms with Crippen LogP contribution < -0.4 is 10.2 Å². The molecule has 1 aliphatic heterocycles. The van der Waals surface area contributed by atoms with Gasteiger partial charge < -0.3 is 10.2 Å². The van der Waals surface area contributed by atoms with Crippen molar-refractivity contribution in [2.75, 3.05) is 11.9 Å². The maximum atomic E-state index is 12.7. The molecule has 2 unspecified atom stereocenters. The third-order valence-electron chi connectivity index (χ3n) is 4.40. The second kappa shape index (κ2) is 6.24. The Bertz CT molecular complexity index is 727. The summed E-state index contributed by atoms with van der Waals surface area (Å²) in [5, 5.41) is 3.03. The Labute approximate surface area is 136 Å². The summed E-state index contributed by atoms with van der Waals surface area (Å²) >= 11 is 0. The van der Waals surface area contributed by atoms with Crippen LogP contribution in [-0.2, 0) is 9.59 Å². The van der Waals surface area contributed by atoms with Gasteiger partial charge in [-0.3, -0.25) is 9.59 Å². The van der Waals surface area contributed by atoms with E-state index in [0.29, 0.717) is 0 Å². The van der Waals surface area contributed by atoms with E-state index in [1.807, 2.05) is 61.5 Å². The molecule has 3 rings (SSSR count). The monoisotopic (exact) mass is 308 g/mol. The van der Waals surface area contributed by atoms with E-state index in [4.69, 9.17) is 0 Å². The van der Waals surface area contributed by atoms with Crippen molar-refractivity contribution in [2.45, 2.75) is 25.3 Å². The van der Waals surface area contributed by atoms with E-state index in [9.17, 15) is 9.59 Å². The number of carbonyl (C=O) groups is 2. The van der Waals surface area contributed by atoms with E-state index in [1.54, 1.807) is 11.9 Å². The lowest BCUT2D eigenvalue weighted by Gasteiger charge is -2.31. The zero-order valence-corrected chi connectivity index (χ0v) is 13.3. The largest absolute Gasteiger partial charge is 0.349 e. The van der Waals surface area contributed by atoms with Crippen LogP contribution in [0.2, 0.25) is 0 Å². The number of benzene rings is 2. The fourth-order valence-electron chi connectivity index (χ4n) is 3.02. The standard InChI is InChI=1S/C19H20N2O2/c1-13(14-8-4-3-5-9-14)20-19(23)16-12-18(22)21(2)17-11-7-6-10-15(16)17/h3-11,13,16H,12H2,1-2H3,(H,20,23). The molecule has 0 saturated carbocycles. The van der Waals surface area contributed by atoms with E-state index < -0.39 is 5.92 Å². The number of carbonyl (C=O) groups excluding carboxylic acids is 2. The van der Waals surface area contributed by atoms with Crippen LogP contribution in [0.5, 0.6) is 0 Å². The molecule has 0 radical (unpaired) electrons. The smallest absolute Gasteiger partial charge is 0.228 e. The Morgan fingerprint density at radius 1 is 1.13 bits per heavy atom. The first-order chi connectivity index (χ1) is 11.1. The maximum absolute atomic E-state index is 12.7. The fraction of sp³-hybridized carbons (Fsp3) is 0.263. The topological polar surface area (TPSA) is 49.4 Å². The molecule has 1 N–H and O–H groups in total. The third-order valence-corrected chi connectivity index (χ3v) is 4.40. The Kier molecular flexibility index (Phi) is 4.15. The van der Waals surface area contributed by atoms with Gasteiger partial charge in [-0.05, 0) is 24.1 Å². The van der Waals surface area contributed by atoms with E-state index in [0.717, 1.165) is 16.8 Å². The summed E-state index contributed by atoms with van der Waals surface area (Å²) < 4.78 is 0. The molecule has 2 aromatic rings. The molecule has 0 saturated heterocycles. The molecule has 2 amide bonds. The van der Waals surface area contributed by atoms with Gasteiger partial charge in [0.15, 0.2) is 0 Å². The van der Waals surface area contributed by atoms with Gasteiger partial charge in [-0.1, -0.05) is 48.5 Å². The highest BCUT2D eigenvalue weighted by molar-refractivity contribution is 6.02. The molecule has 0 bridgehead atoms. The molecule has 1 heterocycles. The number of para-hydroxylation sites is 1. The van der Waals surface area contributed by atoms with Gasteiger partial charge in [-0.2, -0.15) is 0 Å². The molecule has 2 atom stereocenters. The van der Waals surface area contributed by atoms with E-state index in [1.165, 1.54) is 0 Å². The molecule has 4 nitrogen and oxygen atoms in total. The highest BCUT2D eigenvalue weighted by Gasteiger charge is 2.33. The normalized spacial score (nSPS) is 18.3. The first kappa shape index (κ1) is 15.3. The Morgan fingerprint density at radius 3 is 2.52 bits per heavy atom. The molecule has 118 valence electrons. The molecular weight excluding hydrogens is 288 g/mol. The second-order valence-electron chi connectivity index (χ2n) is 5.91. The van der Waals surface area contributed by atoms with Crippen molar-refractivity contribution >= 4 is 17.5 Å². The van der Waals surface area contributed by atoms with Gasteiger partial charge in [0, 0.05) is 19.2 Å². The predicted octanol–water partition coefficient (Wildman–Crippen LogP) is 3.01. The molecule has 1 aliphatic rings. The number of hydrogen-bond donors (Lipinski definition) is 1. The molecule has 0 fully saturated rings. The zero-order valence-electron chi connectivity index (χ0n) is 13.3. The second-order valence-corrected chi connectivity index (χ2v) is 5.91. The van der Waals surface area contributed by atoms with Crippen molar-refractivity contribution in [1.82, 2.24) is 5.32 Å². The van der Waals surface area contributed by atoms with Crippen molar-refractivity contribution in [2.24, 2.45) is 0 Å². The van der Waals surface area contributed by atoms with Crippen LogP contribution in [0.1, 0.15) is 36.4 Å². The lowest BCUT2D eigenvalue weighted by molar-refractivity contribution is -0.127. The average Bonchev–Trinajstić information content (AvgIpc) is 2.58. The van der Waals surface area contributed by atoms with Crippen LogP contribution in [0.4, 0.5) is 5.69 Å². The molecule has 0 aliphatic carbocycles. The van der Waals surface area contributed by atoms with Crippen LogP contribution in [0.3, 0.4) is 0 Å². The van der Waals surface area contributed by atoms with Crippen LogP contribution in [-0.4, -0.2) is 18.9 Å². The van der Waals surface area contributed by atoms with Crippen molar-refractivity contribution in [3.05, 3.63) is 65.7 Å². The first-order valence-electron chi connectivity index (χ1n) is 7.78. The van der Waals surface area contributed by atoms with Gasteiger partial charge in [0.2, 0.25) is 11.8 Å². The minimum Gasteiger partial charge on any atom is -0.349 e. The predicted molar refractivity (Wildman–Crippen MR) is 90.2 cm³/mol. The Hall–Kier alpha value is -2.62. The first-order valence-corrected chi connectivity index (χ1v) is 7.78. The van der Waals surface area contributed by atoms with Crippen molar-refractivity contribution < 1.29 is 9.59 Å². The Morgan fingerprint density at radius 2 is 1.78 bits per heavy atom. The summed E-state index contributed by atoms with van der Waals surface area (Å²) in [5.74, 6) is -0.562. The summed E-state index contributed by atoms with van der Waals surface area (Å²) in [6.07, 6.45) is 0.209. The van der Waals surface area contributed by atoms with Gasteiger partial charge in [-0.25, -0.2) is 0 Å².